The fraction of sp³-hybridized carbons (Fsp3) is 0.471. The molecule has 102 valence electrons. The third kappa shape index (κ3) is 4.90. The SMILES string of the molecule is C/C(=C\C(=O)NC(C)CCc1ccccc1)C1CC1. The highest BCUT2D eigenvalue weighted by Gasteiger charge is 2.23. The lowest BCUT2D eigenvalue weighted by atomic mass is 10.1. The summed E-state index contributed by atoms with van der Waals surface area (Å²) in [5.41, 5.74) is 2.56. The van der Waals surface area contributed by atoms with Crippen LogP contribution in [-0.2, 0) is 11.2 Å². The maximum atomic E-state index is 11.8. The summed E-state index contributed by atoms with van der Waals surface area (Å²) in [5, 5.41) is 3.05. The molecule has 1 aliphatic rings. The first-order valence-electron chi connectivity index (χ1n) is 7.18. The van der Waals surface area contributed by atoms with Crippen molar-refractivity contribution in [3.05, 3.63) is 47.5 Å². The molecule has 2 rings (SSSR count). The molecule has 0 spiro atoms. The van der Waals surface area contributed by atoms with Gasteiger partial charge in [-0.05, 0) is 51.0 Å². The summed E-state index contributed by atoms with van der Waals surface area (Å²) in [5.74, 6) is 0.732. The van der Waals surface area contributed by atoms with Crippen LogP contribution in [0.5, 0.6) is 0 Å². The molecule has 0 aliphatic heterocycles. The Labute approximate surface area is 115 Å². The summed E-state index contributed by atoms with van der Waals surface area (Å²) in [6.07, 6.45) is 6.26. The largest absolute Gasteiger partial charge is 0.350 e. The van der Waals surface area contributed by atoms with E-state index in [1.54, 1.807) is 6.08 Å². The Morgan fingerprint density at radius 2 is 2.05 bits per heavy atom. The van der Waals surface area contributed by atoms with E-state index in [1.807, 2.05) is 6.07 Å². The Morgan fingerprint density at radius 3 is 2.68 bits per heavy atom. The Hall–Kier alpha value is -1.57. The van der Waals surface area contributed by atoms with Crippen molar-refractivity contribution in [2.24, 2.45) is 5.92 Å². The molecular formula is C17H23NO. The predicted octanol–water partition coefficient (Wildman–Crippen LogP) is 3.48. The zero-order valence-electron chi connectivity index (χ0n) is 11.9. The van der Waals surface area contributed by atoms with Gasteiger partial charge in [0.15, 0.2) is 0 Å². The van der Waals surface area contributed by atoms with Crippen molar-refractivity contribution in [1.82, 2.24) is 5.32 Å². The minimum absolute atomic E-state index is 0.0601. The molecule has 1 amide bonds. The van der Waals surface area contributed by atoms with Gasteiger partial charge in [0, 0.05) is 12.1 Å². The van der Waals surface area contributed by atoms with Crippen LogP contribution >= 0.6 is 0 Å². The van der Waals surface area contributed by atoms with E-state index in [1.165, 1.54) is 24.0 Å². The van der Waals surface area contributed by atoms with Crippen LogP contribution < -0.4 is 5.32 Å². The maximum Gasteiger partial charge on any atom is 0.244 e. The van der Waals surface area contributed by atoms with Crippen molar-refractivity contribution in [2.75, 3.05) is 0 Å². The molecule has 1 aromatic rings. The average Bonchev–Trinajstić information content (AvgIpc) is 3.21. The van der Waals surface area contributed by atoms with Crippen LogP contribution in [0.4, 0.5) is 0 Å². The number of allylic oxidation sites excluding steroid dienone is 1. The maximum absolute atomic E-state index is 11.8. The monoisotopic (exact) mass is 257 g/mol. The zero-order chi connectivity index (χ0) is 13.7. The Bertz CT molecular complexity index is 446. The van der Waals surface area contributed by atoms with Crippen LogP contribution in [0.15, 0.2) is 42.0 Å². The van der Waals surface area contributed by atoms with E-state index in [4.69, 9.17) is 0 Å². The second-order valence-electron chi connectivity index (χ2n) is 5.60. The first-order valence-corrected chi connectivity index (χ1v) is 7.18. The summed E-state index contributed by atoms with van der Waals surface area (Å²) < 4.78 is 0. The number of nitrogens with one attached hydrogen (secondary N) is 1. The standard InChI is InChI=1S/C17H23NO/c1-13(16-10-11-16)12-17(19)18-14(2)8-9-15-6-4-3-5-7-15/h3-7,12,14,16H,8-11H2,1-2H3,(H,18,19)/b13-12+. The van der Waals surface area contributed by atoms with Crippen molar-refractivity contribution in [3.63, 3.8) is 0 Å². The van der Waals surface area contributed by atoms with Crippen molar-refractivity contribution >= 4 is 5.91 Å². The van der Waals surface area contributed by atoms with Crippen molar-refractivity contribution in [3.8, 4) is 0 Å². The van der Waals surface area contributed by atoms with Gasteiger partial charge in [0.05, 0.1) is 0 Å². The number of aryl methyl sites for hydroxylation is 1. The summed E-state index contributed by atoms with van der Waals surface area (Å²) in [4.78, 5) is 11.8. The predicted molar refractivity (Wildman–Crippen MR) is 78.8 cm³/mol. The highest BCUT2D eigenvalue weighted by Crippen LogP contribution is 2.35. The summed E-state index contributed by atoms with van der Waals surface area (Å²) in [7, 11) is 0. The lowest BCUT2D eigenvalue weighted by molar-refractivity contribution is -0.117. The molecule has 1 aliphatic carbocycles. The van der Waals surface area contributed by atoms with Crippen LogP contribution in [-0.4, -0.2) is 11.9 Å². The fourth-order valence-corrected chi connectivity index (χ4v) is 2.25. The molecule has 1 aromatic carbocycles. The summed E-state index contributed by atoms with van der Waals surface area (Å²) in [6, 6.07) is 10.6. The number of amides is 1. The molecule has 1 saturated carbocycles. The Balaban J connectivity index is 1.73. The molecule has 0 radical (unpaired) electrons. The first kappa shape index (κ1) is 13.9. The van der Waals surface area contributed by atoms with E-state index in [0.717, 1.165) is 12.8 Å². The van der Waals surface area contributed by atoms with E-state index < -0.39 is 0 Å². The first-order chi connectivity index (χ1) is 9.15. The van der Waals surface area contributed by atoms with Crippen molar-refractivity contribution in [1.29, 1.82) is 0 Å². The van der Waals surface area contributed by atoms with Gasteiger partial charge in [0.2, 0.25) is 5.91 Å². The van der Waals surface area contributed by atoms with Crippen LogP contribution in [0.3, 0.4) is 0 Å². The molecule has 0 aromatic heterocycles. The minimum atomic E-state index is 0.0601. The summed E-state index contributed by atoms with van der Waals surface area (Å²) in [6.45, 7) is 4.13. The molecule has 0 saturated heterocycles. The van der Waals surface area contributed by atoms with Gasteiger partial charge in [0.25, 0.3) is 0 Å². The highest BCUT2D eigenvalue weighted by molar-refractivity contribution is 5.88. The number of rotatable bonds is 6. The fourth-order valence-electron chi connectivity index (χ4n) is 2.25. The number of hydrogen-bond donors (Lipinski definition) is 1. The van der Waals surface area contributed by atoms with Gasteiger partial charge in [0.1, 0.15) is 0 Å². The molecule has 0 heterocycles. The van der Waals surface area contributed by atoms with Crippen molar-refractivity contribution < 1.29 is 4.79 Å². The third-order valence-electron chi connectivity index (χ3n) is 3.68. The molecule has 2 nitrogen and oxygen atoms in total. The van der Waals surface area contributed by atoms with Gasteiger partial charge in [-0.25, -0.2) is 0 Å². The van der Waals surface area contributed by atoms with E-state index in [0.29, 0.717) is 5.92 Å². The molecule has 1 atom stereocenters. The molecule has 1 N–H and O–H groups in total. The number of carbonyl (C=O) groups excluding carboxylic acids is 1. The summed E-state index contributed by atoms with van der Waals surface area (Å²) >= 11 is 0. The van der Waals surface area contributed by atoms with Gasteiger partial charge in [-0.1, -0.05) is 35.9 Å². The molecule has 1 unspecified atom stereocenters. The third-order valence-corrected chi connectivity index (χ3v) is 3.68. The van der Waals surface area contributed by atoms with Gasteiger partial charge in [-0.15, -0.1) is 0 Å². The Morgan fingerprint density at radius 1 is 1.37 bits per heavy atom. The van der Waals surface area contributed by atoms with Crippen LogP contribution in [0.2, 0.25) is 0 Å². The molecule has 0 bridgehead atoms. The van der Waals surface area contributed by atoms with Gasteiger partial charge >= 0.3 is 0 Å². The smallest absolute Gasteiger partial charge is 0.244 e. The average molecular weight is 257 g/mol. The van der Waals surface area contributed by atoms with E-state index >= 15 is 0 Å². The van der Waals surface area contributed by atoms with Gasteiger partial charge < -0.3 is 5.32 Å². The van der Waals surface area contributed by atoms with E-state index in [9.17, 15) is 4.79 Å². The molecular weight excluding hydrogens is 234 g/mol. The van der Waals surface area contributed by atoms with E-state index in [2.05, 4.69) is 43.4 Å². The topological polar surface area (TPSA) is 29.1 Å². The molecule has 1 fully saturated rings. The van der Waals surface area contributed by atoms with Crippen molar-refractivity contribution in [2.45, 2.75) is 45.6 Å². The van der Waals surface area contributed by atoms with Gasteiger partial charge in [-0.2, -0.15) is 0 Å². The van der Waals surface area contributed by atoms with Crippen LogP contribution in [0.25, 0.3) is 0 Å². The normalized spacial score (nSPS) is 17.1. The minimum Gasteiger partial charge on any atom is -0.350 e. The quantitative estimate of drug-likeness (QED) is 0.777. The van der Waals surface area contributed by atoms with Gasteiger partial charge in [-0.3, -0.25) is 4.79 Å². The lowest BCUT2D eigenvalue weighted by Crippen LogP contribution is -2.31. The molecule has 19 heavy (non-hydrogen) atoms. The second-order valence-corrected chi connectivity index (χ2v) is 5.60. The molecule has 2 heteroatoms. The second kappa shape index (κ2) is 6.55. The highest BCUT2D eigenvalue weighted by atomic mass is 16.1. The van der Waals surface area contributed by atoms with Crippen LogP contribution in [0.1, 0.15) is 38.7 Å². The van der Waals surface area contributed by atoms with Crippen LogP contribution in [0, 0.1) is 5.92 Å². The Kier molecular flexibility index (Phi) is 4.78. The number of benzene rings is 1. The van der Waals surface area contributed by atoms with E-state index in [-0.39, 0.29) is 11.9 Å². The number of hydrogen-bond acceptors (Lipinski definition) is 1. The number of carbonyl (C=O) groups is 1. The zero-order valence-corrected chi connectivity index (χ0v) is 11.9. The lowest BCUT2D eigenvalue weighted by Gasteiger charge is -2.12.